The number of hydrogen-bond donors (Lipinski definition) is 2. The molecule has 0 radical (unpaired) electrons. The van der Waals surface area contributed by atoms with Crippen LogP contribution in [0.3, 0.4) is 0 Å². The molecule has 240 valence electrons. The second-order valence-electron chi connectivity index (χ2n) is 10.9. The van der Waals surface area contributed by atoms with Gasteiger partial charge in [0.2, 0.25) is 0 Å². The first-order valence-electron chi connectivity index (χ1n) is 14.0. The molecule has 0 fully saturated rings. The minimum absolute atomic E-state index is 0.153. The zero-order valence-electron chi connectivity index (χ0n) is 24.9. The molecular weight excluding hydrogens is 616 g/mol. The molecule has 3 heterocycles. The maximum atomic E-state index is 14.8. The summed E-state index contributed by atoms with van der Waals surface area (Å²) in [5.41, 5.74) is 0.617. The van der Waals surface area contributed by atoms with Gasteiger partial charge in [-0.05, 0) is 68.8 Å². The van der Waals surface area contributed by atoms with Crippen molar-refractivity contribution < 1.29 is 35.9 Å². The number of rotatable bonds is 8. The minimum Gasteiger partial charge on any atom is -0.374 e. The van der Waals surface area contributed by atoms with Crippen molar-refractivity contribution in [1.29, 1.82) is 0 Å². The van der Waals surface area contributed by atoms with Crippen LogP contribution < -0.4 is 16.2 Å². The van der Waals surface area contributed by atoms with Gasteiger partial charge in [-0.2, -0.15) is 13.2 Å². The monoisotopic (exact) mass is 643 g/mol. The van der Waals surface area contributed by atoms with Crippen LogP contribution in [0.1, 0.15) is 35.5 Å². The summed E-state index contributed by atoms with van der Waals surface area (Å²) in [5, 5.41) is 4.78. The highest BCUT2D eigenvalue weighted by atomic mass is 19.4. The van der Waals surface area contributed by atoms with Crippen LogP contribution in [0.5, 0.6) is 0 Å². The van der Waals surface area contributed by atoms with E-state index in [0.29, 0.717) is 45.5 Å². The molecule has 2 N–H and O–H groups in total. The number of pyridine rings is 2. The number of imidazole rings is 1. The van der Waals surface area contributed by atoms with E-state index in [-0.39, 0.29) is 17.5 Å². The molecular formula is C32H27F6N5O3. The number of Topliss-reactive ketones (excluding diaryl/α,β-unsaturated/α-hetero) is 1. The highest BCUT2D eigenvalue weighted by Crippen LogP contribution is 2.31. The molecule has 5 aromatic rings. The molecule has 14 heteroatoms. The third-order valence-electron chi connectivity index (χ3n) is 7.87. The lowest BCUT2D eigenvalue weighted by atomic mass is 9.97. The Kier molecular flexibility index (Phi) is 8.41. The van der Waals surface area contributed by atoms with Gasteiger partial charge in [0.1, 0.15) is 34.7 Å². The Morgan fingerprint density at radius 3 is 2.33 bits per heavy atom. The SMILES string of the molecule is CC(=O)[C@H](Cc1ccc(-c2c(C)c3cc(F)ccc3n(C)c2=O)c2nccn12)NC(=O)c1c(F)cc(N[C@H](C)C(F)(F)F)cc1F. The summed E-state index contributed by atoms with van der Waals surface area (Å²) in [6.45, 7) is 3.64. The van der Waals surface area contributed by atoms with E-state index >= 15 is 0 Å². The van der Waals surface area contributed by atoms with Crippen molar-refractivity contribution >= 4 is 33.9 Å². The number of carbonyl (C=O) groups excluding carboxylic acids is 2. The van der Waals surface area contributed by atoms with E-state index in [4.69, 9.17) is 0 Å². The molecule has 0 spiro atoms. The molecule has 0 saturated carbocycles. The first-order valence-corrected chi connectivity index (χ1v) is 14.0. The van der Waals surface area contributed by atoms with Gasteiger partial charge in [-0.1, -0.05) is 0 Å². The molecule has 2 aromatic carbocycles. The molecule has 5 rings (SSSR count). The van der Waals surface area contributed by atoms with E-state index < -0.39 is 58.7 Å². The summed E-state index contributed by atoms with van der Waals surface area (Å²) in [7, 11) is 1.57. The van der Waals surface area contributed by atoms with Gasteiger partial charge in [-0.15, -0.1) is 0 Å². The largest absolute Gasteiger partial charge is 0.408 e. The lowest BCUT2D eigenvalue weighted by Gasteiger charge is -2.20. The average molecular weight is 644 g/mol. The van der Waals surface area contributed by atoms with Crippen molar-refractivity contribution in [1.82, 2.24) is 19.3 Å². The Bertz CT molecular complexity index is 2060. The fourth-order valence-electron chi connectivity index (χ4n) is 5.36. The van der Waals surface area contributed by atoms with Gasteiger partial charge in [0.05, 0.1) is 17.1 Å². The summed E-state index contributed by atoms with van der Waals surface area (Å²) in [4.78, 5) is 43.4. The van der Waals surface area contributed by atoms with E-state index in [0.717, 1.165) is 6.92 Å². The van der Waals surface area contributed by atoms with E-state index in [1.165, 1.54) is 35.9 Å². The fourth-order valence-corrected chi connectivity index (χ4v) is 5.36. The summed E-state index contributed by atoms with van der Waals surface area (Å²) in [6, 6.07) is 5.06. The third kappa shape index (κ3) is 5.94. The van der Waals surface area contributed by atoms with Crippen molar-refractivity contribution in [2.75, 3.05) is 5.32 Å². The van der Waals surface area contributed by atoms with Crippen molar-refractivity contribution in [3.05, 3.63) is 99.5 Å². The first kappa shape index (κ1) is 32.3. The van der Waals surface area contributed by atoms with Crippen LogP contribution in [0.25, 0.3) is 27.7 Å². The number of alkyl halides is 3. The molecule has 3 aromatic heterocycles. The molecule has 0 aliphatic rings. The molecule has 46 heavy (non-hydrogen) atoms. The second-order valence-corrected chi connectivity index (χ2v) is 10.9. The summed E-state index contributed by atoms with van der Waals surface area (Å²) in [6.07, 6.45) is -1.80. The number of aromatic nitrogens is 3. The summed E-state index contributed by atoms with van der Waals surface area (Å²) >= 11 is 0. The van der Waals surface area contributed by atoms with Gasteiger partial charge in [0, 0.05) is 48.2 Å². The number of hydrogen-bond acceptors (Lipinski definition) is 5. The van der Waals surface area contributed by atoms with Crippen LogP contribution in [0.2, 0.25) is 0 Å². The van der Waals surface area contributed by atoms with Crippen LogP contribution in [0.15, 0.2) is 59.7 Å². The Morgan fingerprint density at radius 2 is 1.70 bits per heavy atom. The topological polar surface area (TPSA) is 97.5 Å². The smallest absolute Gasteiger partial charge is 0.374 e. The van der Waals surface area contributed by atoms with E-state index in [9.17, 15) is 40.7 Å². The van der Waals surface area contributed by atoms with Gasteiger partial charge in [0.25, 0.3) is 11.5 Å². The van der Waals surface area contributed by atoms with Crippen LogP contribution in [0.4, 0.5) is 32.0 Å². The molecule has 0 unspecified atom stereocenters. The number of carbonyl (C=O) groups is 2. The lowest BCUT2D eigenvalue weighted by Crippen LogP contribution is -2.42. The minimum atomic E-state index is -4.68. The Morgan fingerprint density at radius 1 is 1.02 bits per heavy atom. The average Bonchev–Trinajstić information content (AvgIpc) is 3.46. The summed E-state index contributed by atoms with van der Waals surface area (Å²) in [5.74, 6) is -5.16. The van der Waals surface area contributed by atoms with E-state index in [1.807, 2.05) is 5.32 Å². The van der Waals surface area contributed by atoms with Crippen molar-refractivity contribution in [2.24, 2.45) is 7.05 Å². The fraction of sp³-hybridized carbons (Fsp3) is 0.250. The third-order valence-corrected chi connectivity index (χ3v) is 7.87. The number of amides is 1. The predicted octanol–water partition coefficient (Wildman–Crippen LogP) is 5.87. The Labute approximate surface area is 257 Å². The van der Waals surface area contributed by atoms with Crippen LogP contribution in [-0.2, 0) is 18.3 Å². The molecule has 0 aliphatic carbocycles. The second kappa shape index (κ2) is 12.0. The molecule has 2 atom stereocenters. The van der Waals surface area contributed by atoms with Gasteiger partial charge in [0.15, 0.2) is 5.78 Å². The van der Waals surface area contributed by atoms with E-state index in [2.05, 4.69) is 10.3 Å². The number of benzene rings is 2. The molecule has 0 aliphatic heterocycles. The maximum absolute atomic E-state index is 14.8. The first-order chi connectivity index (χ1) is 21.6. The van der Waals surface area contributed by atoms with Gasteiger partial charge in [-0.25, -0.2) is 18.2 Å². The van der Waals surface area contributed by atoms with Crippen LogP contribution >= 0.6 is 0 Å². The van der Waals surface area contributed by atoms with Gasteiger partial charge < -0.3 is 19.6 Å². The number of fused-ring (bicyclic) bond motifs is 2. The Balaban J connectivity index is 1.46. The molecule has 1 amide bonds. The number of halogens is 6. The van der Waals surface area contributed by atoms with Crippen molar-refractivity contribution in [3.63, 3.8) is 0 Å². The molecule has 8 nitrogen and oxygen atoms in total. The number of nitrogens with one attached hydrogen (secondary N) is 2. The quantitative estimate of drug-likeness (QED) is 0.206. The highest BCUT2D eigenvalue weighted by molar-refractivity contribution is 5.98. The number of aryl methyl sites for hydroxylation is 2. The van der Waals surface area contributed by atoms with E-state index in [1.54, 1.807) is 36.7 Å². The predicted molar refractivity (Wildman–Crippen MR) is 159 cm³/mol. The number of anilines is 1. The number of nitrogens with zero attached hydrogens (tertiary/aromatic N) is 3. The van der Waals surface area contributed by atoms with Crippen molar-refractivity contribution in [2.45, 2.75) is 45.5 Å². The maximum Gasteiger partial charge on any atom is 0.408 e. The molecule has 0 bridgehead atoms. The van der Waals surface area contributed by atoms with Gasteiger partial charge in [-0.3, -0.25) is 14.4 Å². The zero-order valence-corrected chi connectivity index (χ0v) is 24.9. The zero-order chi connectivity index (χ0) is 33.7. The van der Waals surface area contributed by atoms with Crippen LogP contribution in [0, 0.1) is 24.4 Å². The highest BCUT2D eigenvalue weighted by Gasteiger charge is 2.36. The van der Waals surface area contributed by atoms with Gasteiger partial charge >= 0.3 is 6.18 Å². The standard InChI is InChI=1S/C32H27F6N5O3/c1-15-22-11-18(33)5-8-26(22)42(4)31(46)27(15)21-7-6-20(43-10-9-39-29(21)43)14-25(16(2)44)41-30(45)28-23(34)12-19(13-24(28)35)40-17(3)32(36,37)38/h5-13,17,25,40H,14H2,1-4H3,(H,41,45)/t17-,25+/m1/s1. The normalized spacial score (nSPS) is 13.2. The van der Waals surface area contributed by atoms with Crippen molar-refractivity contribution in [3.8, 4) is 11.1 Å². The Hall–Kier alpha value is -5.14. The van der Waals surface area contributed by atoms with Crippen LogP contribution in [-0.4, -0.2) is 43.9 Å². The lowest BCUT2D eigenvalue weighted by molar-refractivity contribution is -0.138. The summed E-state index contributed by atoms with van der Waals surface area (Å²) < 4.78 is 85.3. The number of ketones is 1. The molecule has 0 saturated heterocycles.